The van der Waals surface area contributed by atoms with E-state index in [-0.39, 0.29) is 48.5 Å². The largest absolute Gasteiger partial charge is 0.509 e. The second kappa shape index (κ2) is 12.2. The zero-order valence-electron chi connectivity index (χ0n) is 26.9. The van der Waals surface area contributed by atoms with Gasteiger partial charge >= 0.3 is 23.9 Å². The monoisotopic (exact) mass is 662 g/mol. The maximum atomic E-state index is 14.0. The van der Waals surface area contributed by atoms with Crippen LogP contribution in [0, 0.1) is 24.7 Å². The van der Waals surface area contributed by atoms with Gasteiger partial charge in [0.05, 0.1) is 41.1 Å². The summed E-state index contributed by atoms with van der Waals surface area (Å²) in [6, 6.07) is -0.915. The molecule has 14 nitrogen and oxygen atoms in total. The molecule has 1 saturated heterocycles. The number of aliphatic hydroxyl groups excluding tert-OH is 1. The topological polar surface area (TPSA) is 242 Å². The van der Waals surface area contributed by atoms with E-state index in [0.29, 0.717) is 44.3 Å². The van der Waals surface area contributed by atoms with Gasteiger partial charge in [-0.2, -0.15) is 0 Å². The van der Waals surface area contributed by atoms with Gasteiger partial charge in [0, 0.05) is 40.6 Å². The predicted molar refractivity (Wildman–Crippen MR) is 172 cm³/mol. The number of aliphatic hydroxyl groups is 1. The fourth-order valence-electron chi connectivity index (χ4n) is 6.84. The molecule has 0 radical (unpaired) electrons. The van der Waals surface area contributed by atoms with Crippen molar-refractivity contribution in [1.29, 1.82) is 0 Å². The molecule has 0 aliphatic carbocycles. The maximum absolute atomic E-state index is 14.0. The molecule has 5 rings (SSSR count). The molecule has 3 atom stereocenters. The minimum atomic E-state index is -1.55. The van der Waals surface area contributed by atoms with Gasteiger partial charge in [0.25, 0.3) is 0 Å². The summed E-state index contributed by atoms with van der Waals surface area (Å²) >= 11 is 0. The number of carboxylic acid groups (broad SMARTS) is 4. The first-order valence-electron chi connectivity index (χ1n) is 15.4. The molecule has 1 unspecified atom stereocenters. The van der Waals surface area contributed by atoms with Gasteiger partial charge in [-0.1, -0.05) is 0 Å². The maximum Gasteiger partial charge on any atom is 0.304 e. The Labute approximate surface area is 274 Å². The number of rotatable bonds is 10. The average Bonchev–Trinajstić information content (AvgIpc) is 3.58. The zero-order chi connectivity index (χ0) is 35.3. The number of aromatic nitrogens is 2. The zero-order valence-corrected chi connectivity index (χ0v) is 26.9. The van der Waals surface area contributed by atoms with Crippen molar-refractivity contribution in [3.8, 4) is 0 Å². The molecule has 5 heterocycles. The molecule has 0 aromatic carbocycles. The molecule has 0 amide bonds. The molecule has 14 heteroatoms. The Morgan fingerprint density at radius 1 is 0.771 bits per heavy atom. The van der Waals surface area contributed by atoms with Crippen LogP contribution in [0.1, 0.15) is 73.2 Å². The molecule has 9 N–H and O–H groups in total. The van der Waals surface area contributed by atoms with Gasteiger partial charge in [0.15, 0.2) is 5.78 Å². The summed E-state index contributed by atoms with van der Waals surface area (Å²) < 4.78 is 0. The number of H-pyrrole nitrogens is 2. The number of Topliss-reactive ketones (excluding diaryl/α,β-unsaturated/α-hetero) is 1. The lowest BCUT2D eigenvalue weighted by Gasteiger charge is -2.28. The third kappa shape index (κ3) is 6.00. The number of hydrogen-bond acceptors (Lipinski definition) is 8. The van der Waals surface area contributed by atoms with Crippen molar-refractivity contribution >= 4 is 47.9 Å². The van der Waals surface area contributed by atoms with Gasteiger partial charge in [0.2, 0.25) is 0 Å². The van der Waals surface area contributed by atoms with Crippen molar-refractivity contribution in [2.75, 3.05) is 0 Å². The number of fused-ring (bicyclic) bond motifs is 8. The molecular weight excluding hydrogens is 624 g/mol. The molecule has 48 heavy (non-hydrogen) atoms. The number of hydrogen-bond donors (Lipinski definition) is 9. The number of carboxylic acids is 4. The quantitative estimate of drug-likeness (QED) is 0.177. The highest BCUT2D eigenvalue weighted by molar-refractivity contribution is 6.07. The Morgan fingerprint density at radius 2 is 1.40 bits per heavy atom. The summed E-state index contributed by atoms with van der Waals surface area (Å²) in [5, 5.41) is 57.3. The van der Waals surface area contributed by atoms with E-state index in [1.807, 2.05) is 0 Å². The first-order valence-corrected chi connectivity index (χ1v) is 15.4. The van der Waals surface area contributed by atoms with E-state index in [9.17, 15) is 49.5 Å². The van der Waals surface area contributed by atoms with E-state index < -0.39 is 59.4 Å². The van der Waals surface area contributed by atoms with Crippen LogP contribution in [0.5, 0.6) is 0 Å². The molecule has 254 valence electrons. The number of aliphatic carboxylic acids is 4. The fourth-order valence-corrected chi connectivity index (χ4v) is 6.84. The lowest BCUT2D eigenvalue weighted by atomic mass is 9.77. The van der Waals surface area contributed by atoms with E-state index in [4.69, 9.17) is 0 Å². The minimum absolute atomic E-state index is 0.0247. The van der Waals surface area contributed by atoms with Crippen LogP contribution in [-0.2, 0) is 36.8 Å². The molecule has 0 spiro atoms. The summed E-state index contributed by atoms with van der Waals surface area (Å²) in [7, 11) is 0. The fraction of sp³-hybridized carbons (Fsp3) is 0.382. The van der Waals surface area contributed by atoms with Gasteiger partial charge in [0.1, 0.15) is 5.76 Å². The third-order valence-corrected chi connectivity index (χ3v) is 9.71. The van der Waals surface area contributed by atoms with Gasteiger partial charge in [-0.15, -0.1) is 0 Å². The number of aromatic amines is 2. The summed E-state index contributed by atoms with van der Waals surface area (Å²) in [4.78, 5) is 67.8. The molecule has 3 aliphatic heterocycles. The van der Waals surface area contributed by atoms with Crippen LogP contribution in [0.2, 0.25) is 0 Å². The summed E-state index contributed by atoms with van der Waals surface area (Å²) in [5.74, 6) is -5.22. The summed E-state index contributed by atoms with van der Waals surface area (Å²) in [6.07, 6.45) is 5.32. The average molecular weight is 663 g/mol. The lowest BCUT2D eigenvalue weighted by Crippen LogP contribution is -2.38. The van der Waals surface area contributed by atoms with E-state index in [1.165, 1.54) is 13.0 Å². The third-order valence-electron chi connectivity index (χ3n) is 9.71. The summed E-state index contributed by atoms with van der Waals surface area (Å²) in [5.41, 5.74) is 1.25. The van der Waals surface area contributed by atoms with E-state index in [1.54, 1.807) is 39.0 Å². The van der Waals surface area contributed by atoms with Gasteiger partial charge < -0.3 is 46.1 Å². The van der Waals surface area contributed by atoms with E-state index >= 15 is 0 Å². The van der Waals surface area contributed by atoms with Crippen molar-refractivity contribution in [3.05, 3.63) is 73.3 Å². The van der Waals surface area contributed by atoms with Crippen LogP contribution < -0.4 is 21.3 Å². The smallest absolute Gasteiger partial charge is 0.304 e. The first kappa shape index (κ1) is 33.8. The van der Waals surface area contributed by atoms with Crippen LogP contribution in [0.3, 0.4) is 0 Å². The SMILES string of the molecule is Cc1c2[nH]c(c1CCC(=O)O)/C=c1/[nH]/c(c(C)c1CCC(=O)O)=C\C1=C(O)[C@](C)(CC(=O)O)C(/C=C3\N/C(=C\2)[C@@](C)(CC(=O)O)C3=O)N1. The van der Waals surface area contributed by atoms with Crippen molar-refractivity contribution in [2.45, 2.75) is 72.3 Å². The lowest BCUT2D eigenvalue weighted by molar-refractivity contribution is -0.141. The Morgan fingerprint density at radius 3 is 2.00 bits per heavy atom. The number of carbonyl (C=O) groups excluding carboxylic acids is 1. The molecule has 3 aliphatic rings. The molecule has 2 aromatic rings. The summed E-state index contributed by atoms with van der Waals surface area (Å²) in [6.45, 7) is 6.63. The second-order valence-electron chi connectivity index (χ2n) is 13.1. The Kier molecular flexibility index (Phi) is 8.63. The number of ketones is 1. The molecular formula is C34H38N4O10. The highest BCUT2D eigenvalue weighted by atomic mass is 16.4. The number of allylic oxidation sites excluding steroid dienone is 3. The minimum Gasteiger partial charge on any atom is -0.509 e. The number of nitrogens with one attached hydrogen (secondary N) is 4. The van der Waals surface area contributed by atoms with Crippen molar-refractivity contribution in [2.24, 2.45) is 10.8 Å². The Bertz CT molecular complexity index is 1990. The van der Waals surface area contributed by atoms with Gasteiger partial charge in [-0.05, 0) is 87.1 Å². The predicted octanol–water partition coefficient (Wildman–Crippen LogP) is 1.72. The van der Waals surface area contributed by atoms with Gasteiger partial charge in [-0.3, -0.25) is 24.0 Å². The van der Waals surface area contributed by atoms with Crippen molar-refractivity contribution in [3.63, 3.8) is 0 Å². The molecule has 0 saturated carbocycles. The Hall–Kier alpha value is -5.53. The molecule has 1 fully saturated rings. The molecule has 8 bridgehead atoms. The van der Waals surface area contributed by atoms with Crippen LogP contribution in [0.15, 0.2) is 28.9 Å². The molecule has 2 aromatic heterocycles. The van der Waals surface area contributed by atoms with Crippen LogP contribution in [0.4, 0.5) is 0 Å². The highest BCUT2D eigenvalue weighted by Crippen LogP contribution is 2.44. The van der Waals surface area contributed by atoms with Gasteiger partial charge in [-0.25, -0.2) is 0 Å². The van der Waals surface area contributed by atoms with Crippen LogP contribution in [0.25, 0.3) is 18.2 Å². The van der Waals surface area contributed by atoms with Crippen LogP contribution >= 0.6 is 0 Å². The van der Waals surface area contributed by atoms with Crippen LogP contribution in [-0.4, -0.2) is 71.2 Å². The first-order chi connectivity index (χ1) is 22.4. The van der Waals surface area contributed by atoms with E-state index in [2.05, 4.69) is 20.6 Å². The Balaban J connectivity index is 1.87. The normalized spacial score (nSPS) is 26.6. The van der Waals surface area contributed by atoms with Crippen molar-refractivity contribution in [1.82, 2.24) is 20.6 Å². The highest BCUT2D eigenvalue weighted by Gasteiger charge is 2.50. The van der Waals surface area contributed by atoms with Crippen molar-refractivity contribution < 1.29 is 49.5 Å². The van der Waals surface area contributed by atoms with E-state index in [0.717, 1.165) is 0 Å². The standard InChI is InChI=1S/C34H38N4O10/c1-15-17(5-7-27(39)40)21-10-22-18(6-8-28(41)42)16(2)20(36-22)11-25-33(3,13-29(43)44)32(48)24(38-25)12-26-34(4,14-30(45)46)31(47)23(37-26)9-19(15)35-21/h9-12,26,35-38,47H,5-8,13-14H2,1-4H3,(H,39,40)(H,41,42)(H,43,44)(H,45,46)/b19-9-,21-10+,24-12-,25-11-/t26?,33-,34-/m1/s1. The second-order valence-corrected chi connectivity index (χ2v) is 13.1. The number of carbonyl (C=O) groups is 5.